The van der Waals surface area contributed by atoms with E-state index in [2.05, 4.69) is 34.5 Å². The fourth-order valence-electron chi connectivity index (χ4n) is 7.80. The van der Waals surface area contributed by atoms with E-state index in [0.29, 0.717) is 16.8 Å². The van der Waals surface area contributed by atoms with Gasteiger partial charge >= 0.3 is 0 Å². The van der Waals surface area contributed by atoms with Crippen LogP contribution in [0.5, 0.6) is 0 Å². The molecule has 2 aliphatic heterocycles. The molecule has 2 aliphatic carbocycles. The van der Waals surface area contributed by atoms with Crippen LogP contribution in [0.3, 0.4) is 0 Å². The smallest absolute Gasteiger partial charge is 0.236 e. The summed E-state index contributed by atoms with van der Waals surface area (Å²) in [5.41, 5.74) is 5.28. The highest BCUT2D eigenvalue weighted by molar-refractivity contribution is 6.19. The standard InChI is InChI=1S/C33H24N2O3/c1-18-14-16-19(17-15-18)35-28-20-8-2-4-10-22(20)30(36)26(28)33(24-12-6-7-13-25(24)34-32(33)38)27-29(35)21-9-3-5-11-23(21)31(27)37/h2-17,26-29H,1H3,(H,34,38). The monoisotopic (exact) mass is 496 g/mol. The molecular weight excluding hydrogens is 472 g/mol. The number of hydrogen-bond donors (Lipinski definition) is 1. The number of carbonyl (C=O) groups excluding carboxylic acids is 3. The maximum absolute atomic E-state index is 14.4. The number of Topliss-reactive ketones (excluding diaryl/α,β-unsaturated/α-hetero) is 2. The Bertz CT molecular complexity index is 1630. The van der Waals surface area contributed by atoms with Crippen LogP contribution in [0.2, 0.25) is 0 Å². The number of para-hydroxylation sites is 1. The van der Waals surface area contributed by atoms with Gasteiger partial charge in [-0.05, 0) is 41.8 Å². The van der Waals surface area contributed by atoms with Gasteiger partial charge in [0.1, 0.15) is 5.41 Å². The number of amides is 1. The zero-order valence-electron chi connectivity index (χ0n) is 20.7. The van der Waals surface area contributed by atoms with Crippen molar-refractivity contribution >= 4 is 28.8 Å². The average Bonchev–Trinajstić information content (AvgIpc) is 3.52. The molecule has 4 aliphatic rings. The Kier molecular flexibility index (Phi) is 4.14. The first kappa shape index (κ1) is 21.6. The molecule has 0 radical (unpaired) electrons. The maximum atomic E-state index is 14.4. The molecule has 4 aromatic carbocycles. The lowest BCUT2D eigenvalue weighted by Crippen LogP contribution is -2.62. The minimum Gasteiger partial charge on any atom is -0.356 e. The first-order valence-corrected chi connectivity index (χ1v) is 13.1. The molecule has 5 heteroatoms. The van der Waals surface area contributed by atoms with Gasteiger partial charge < -0.3 is 10.2 Å². The van der Waals surface area contributed by atoms with Crippen molar-refractivity contribution in [3.05, 3.63) is 130 Å². The third-order valence-corrected chi connectivity index (χ3v) is 9.20. The highest BCUT2D eigenvalue weighted by Crippen LogP contribution is 2.67. The van der Waals surface area contributed by atoms with Crippen molar-refractivity contribution in [1.29, 1.82) is 0 Å². The van der Waals surface area contributed by atoms with Crippen molar-refractivity contribution in [1.82, 2.24) is 0 Å². The molecule has 1 amide bonds. The summed E-state index contributed by atoms with van der Waals surface area (Å²) in [7, 11) is 0. The van der Waals surface area contributed by atoms with Gasteiger partial charge in [0.15, 0.2) is 11.6 Å². The molecule has 4 atom stereocenters. The molecule has 1 saturated heterocycles. The number of anilines is 2. The molecule has 4 unspecified atom stereocenters. The van der Waals surface area contributed by atoms with Gasteiger partial charge in [0.25, 0.3) is 0 Å². The van der Waals surface area contributed by atoms with E-state index < -0.39 is 29.3 Å². The summed E-state index contributed by atoms with van der Waals surface area (Å²) in [5, 5.41) is 3.08. The molecule has 5 nitrogen and oxygen atoms in total. The van der Waals surface area contributed by atoms with Gasteiger partial charge in [-0.2, -0.15) is 0 Å². The molecule has 0 bridgehead atoms. The van der Waals surface area contributed by atoms with E-state index in [1.807, 2.05) is 79.7 Å². The molecule has 38 heavy (non-hydrogen) atoms. The maximum Gasteiger partial charge on any atom is 0.236 e. The zero-order valence-corrected chi connectivity index (χ0v) is 20.7. The normalized spacial score (nSPS) is 28.0. The number of rotatable bonds is 1. The molecule has 1 spiro atoms. The summed E-state index contributed by atoms with van der Waals surface area (Å²) >= 11 is 0. The number of nitrogens with one attached hydrogen (secondary N) is 1. The van der Waals surface area contributed by atoms with E-state index in [0.717, 1.165) is 27.9 Å². The second-order valence-electron chi connectivity index (χ2n) is 10.9. The third-order valence-electron chi connectivity index (χ3n) is 9.20. The van der Waals surface area contributed by atoms with Crippen molar-refractivity contribution in [3.63, 3.8) is 0 Å². The van der Waals surface area contributed by atoms with Crippen LogP contribution in [0.15, 0.2) is 97.1 Å². The lowest BCUT2D eigenvalue weighted by molar-refractivity contribution is -0.125. The average molecular weight is 497 g/mol. The summed E-state index contributed by atoms with van der Waals surface area (Å²) in [6, 6.07) is 30.4. The highest BCUT2D eigenvalue weighted by atomic mass is 16.2. The highest BCUT2D eigenvalue weighted by Gasteiger charge is 2.73. The van der Waals surface area contributed by atoms with Crippen LogP contribution in [-0.4, -0.2) is 17.5 Å². The van der Waals surface area contributed by atoms with E-state index in [4.69, 9.17) is 0 Å². The summed E-state index contributed by atoms with van der Waals surface area (Å²) < 4.78 is 0. The van der Waals surface area contributed by atoms with Gasteiger partial charge in [0, 0.05) is 22.5 Å². The number of ketones is 2. The summed E-state index contributed by atoms with van der Waals surface area (Å²) in [5.74, 6) is -1.89. The summed E-state index contributed by atoms with van der Waals surface area (Å²) in [4.78, 5) is 45.5. The summed E-state index contributed by atoms with van der Waals surface area (Å²) in [6.45, 7) is 2.04. The quantitative estimate of drug-likeness (QED) is 0.361. The van der Waals surface area contributed by atoms with Gasteiger partial charge in [-0.15, -0.1) is 0 Å². The molecule has 4 aromatic rings. The van der Waals surface area contributed by atoms with Crippen molar-refractivity contribution in [2.24, 2.45) is 11.8 Å². The van der Waals surface area contributed by atoms with Crippen LogP contribution in [0, 0.1) is 18.8 Å². The fourth-order valence-corrected chi connectivity index (χ4v) is 7.80. The van der Waals surface area contributed by atoms with Crippen molar-refractivity contribution in [2.75, 3.05) is 10.2 Å². The van der Waals surface area contributed by atoms with Gasteiger partial charge in [-0.25, -0.2) is 0 Å². The SMILES string of the molecule is Cc1ccc(N2C3c4ccccc4C(=O)C3C3(C(=O)Nc4ccccc43)C3C(=O)c4ccccc4C32)cc1. The van der Waals surface area contributed by atoms with Gasteiger partial charge in [-0.3, -0.25) is 14.4 Å². The van der Waals surface area contributed by atoms with E-state index in [1.165, 1.54) is 0 Å². The molecule has 0 aromatic heterocycles. The molecule has 0 saturated carbocycles. The number of benzene rings is 4. The lowest BCUT2D eigenvalue weighted by Gasteiger charge is -2.54. The zero-order chi connectivity index (χ0) is 25.8. The Morgan fingerprint density at radius 1 is 0.658 bits per heavy atom. The first-order chi connectivity index (χ1) is 18.5. The molecule has 8 rings (SSSR count). The van der Waals surface area contributed by atoms with Crippen molar-refractivity contribution < 1.29 is 14.4 Å². The van der Waals surface area contributed by atoms with Crippen LogP contribution < -0.4 is 10.2 Å². The Labute approximate surface area is 220 Å². The second kappa shape index (κ2) is 7.29. The predicted molar refractivity (Wildman–Crippen MR) is 144 cm³/mol. The molecule has 2 heterocycles. The predicted octanol–water partition coefficient (Wildman–Crippen LogP) is 5.81. The van der Waals surface area contributed by atoms with Crippen molar-refractivity contribution in [2.45, 2.75) is 24.4 Å². The first-order valence-electron chi connectivity index (χ1n) is 13.1. The minimum atomic E-state index is -1.32. The van der Waals surface area contributed by atoms with Gasteiger partial charge in [0.2, 0.25) is 5.91 Å². The second-order valence-corrected chi connectivity index (χ2v) is 10.9. The van der Waals surface area contributed by atoms with Crippen LogP contribution in [0.25, 0.3) is 0 Å². The molecule has 1 N–H and O–H groups in total. The topological polar surface area (TPSA) is 66.5 Å². The third kappa shape index (κ3) is 2.40. The number of fused-ring (bicyclic) bond motifs is 10. The van der Waals surface area contributed by atoms with E-state index in [-0.39, 0.29) is 17.5 Å². The van der Waals surface area contributed by atoms with Crippen LogP contribution in [0.4, 0.5) is 11.4 Å². The van der Waals surface area contributed by atoms with E-state index in [9.17, 15) is 14.4 Å². The Morgan fingerprint density at radius 3 is 1.79 bits per heavy atom. The molecular formula is C33H24N2O3. The Morgan fingerprint density at radius 2 is 1.18 bits per heavy atom. The van der Waals surface area contributed by atoms with E-state index >= 15 is 0 Å². The number of nitrogens with zero attached hydrogens (tertiary/aromatic N) is 1. The van der Waals surface area contributed by atoms with Gasteiger partial charge in [0.05, 0.1) is 23.9 Å². The molecule has 184 valence electrons. The Balaban J connectivity index is 1.51. The lowest BCUT2D eigenvalue weighted by atomic mass is 9.55. The number of aryl methyl sites for hydroxylation is 1. The number of carbonyl (C=O) groups is 3. The fraction of sp³-hybridized carbons (Fsp3) is 0.182. The summed E-state index contributed by atoms with van der Waals surface area (Å²) in [6.07, 6.45) is 0. The number of hydrogen-bond acceptors (Lipinski definition) is 4. The van der Waals surface area contributed by atoms with Gasteiger partial charge in [-0.1, -0.05) is 84.4 Å². The van der Waals surface area contributed by atoms with Crippen LogP contribution in [-0.2, 0) is 10.2 Å². The van der Waals surface area contributed by atoms with E-state index in [1.54, 1.807) is 0 Å². The van der Waals surface area contributed by atoms with Crippen molar-refractivity contribution in [3.8, 4) is 0 Å². The minimum absolute atomic E-state index is 0.0724. The Hall–Kier alpha value is -4.51. The van der Waals surface area contributed by atoms with Crippen LogP contribution >= 0.6 is 0 Å². The largest absolute Gasteiger partial charge is 0.356 e. The van der Waals surface area contributed by atoms with Crippen LogP contribution in [0.1, 0.15) is 55.1 Å². The number of piperidine rings is 1. The molecule has 1 fully saturated rings.